The highest BCUT2D eigenvalue weighted by molar-refractivity contribution is 6.03. The number of morpholine rings is 1. The molecule has 0 aliphatic carbocycles. The van der Waals surface area contributed by atoms with Gasteiger partial charge in [0.2, 0.25) is 11.8 Å². The number of hydrogen-bond donors (Lipinski definition) is 1. The number of hydrogen-bond acceptors (Lipinski definition) is 6. The molecule has 0 aromatic heterocycles. The molecule has 170 valence electrons. The maximum Gasteiger partial charge on any atom is 0.229 e. The quantitative estimate of drug-likeness (QED) is 0.740. The zero-order valence-electron chi connectivity index (χ0n) is 18.1. The molecule has 0 bridgehead atoms. The minimum absolute atomic E-state index is 0.0779. The fourth-order valence-corrected chi connectivity index (χ4v) is 4.02. The summed E-state index contributed by atoms with van der Waals surface area (Å²) in [5.74, 6) is -0.371. The lowest BCUT2D eigenvalue weighted by atomic mass is 10.1. The molecule has 32 heavy (non-hydrogen) atoms. The van der Waals surface area contributed by atoms with Crippen LogP contribution < -0.4 is 24.6 Å². The first-order valence-corrected chi connectivity index (χ1v) is 10.5. The van der Waals surface area contributed by atoms with Crippen molar-refractivity contribution in [2.75, 3.05) is 62.2 Å². The van der Waals surface area contributed by atoms with Gasteiger partial charge >= 0.3 is 0 Å². The SMILES string of the molecule is COc1ccc(N2CC(C(=O)Nc3ccc(N4CCOCC4)c(F)c3)CC2=O)cc1OC. The molecule has 1 N–H and O–H groups in total. The van der Waals surface area contributed by atoms with Crippen molar-refractivity contribution in [3.8, 4) is 11.5 Å². The summed E-state index contributed by atoms with van der Waals surface area (Å²) < 4.78 is 30.5. The van der Waals surface area contributed by atoms with E-state index in [0.717, 1.165) is 0 Å². The minimum atomic E-state index is -0.544. The van der Waals surface area contributed by atoms with Crippen LogP contribution >= 0.6 is 0 Å². The van der Waals surface area contributed by atoms with Crippen LogP contribution in [-0.4, -0.2) is 58.9 Å². The van der Waals surface area contributed by atoms with Gasteiger partial charge in [-0.2, -0.15) is 0 Å². The zero-order chi connectivity index (χ0) is 22.7. The van der Waals surface area contributed by atoms with Gasteiger partial charge in [-0.25, -0.2) is 4.39 Å². The van der Waals surface area contributed by atoms with E-state index in [4.69, 9.17) is 14.2 Å². The third-order valence-corrected chi connectivity index (χ3v) is 5.74. The summed E-state index contributed by atoms with van der Waals surface area (Å²) in [5.41, 5.74) is 1.48. The number of methoxy groups -OCH3 is 2. The van der Waals surface area contributed by atoms with E-state index in [2.05, 4.69) is 5.32 Å². The topological polar surface area (TPSA) is 80.3 Å². The summed E-state index contributed by atoms with van der Waals surface area (Å²) in [7, 11) is 3.06. The van der Waals surface area contributed by atoms with Crippen LogP contribution in [0.1, 0.15) is 6.42 Å². The van der Waals surface area contributed by atoms with Crippen molar-refractivity contribution >= 4 is 28.9 Å². The average molecular weight is 443 g/mol. The first-order valence-electron chi connectivity index (χ1n) is 10.5. The maximum absolute atomic E-state index is 14.6. The molecule has 0 spiro atoms. The lowest BCUT2D eigenvalue weighted by Crippen LogP contribution is -2.36. The predicted molar refractivity (Wildman–Crippen MR) is 118 cm³/mol. The number of ether oxygens (including phenoxy) is 3. The van der Waals surface area contributed by atoms with Crippen molar-refractivity contribution in [3.05, 3.63) is 42.2 Å². The number of nitrogens with one attached hydrogen (secondary N) is 1. The summed E-state index contributed by atoms with van der Waals surface area (Å²) in [6.45, 7) is 2.60. The van der Waals surface area contributed by atoms with Gasteiger partial charge in [0.25, 0.3) is 0 Å². The molecule has 2 aromatic rings. The summed E-state index contributed by atoms with van der Waals surface area (Å²) in [6.07, 6.45) is 0.0779. The normalized spacial score (nSPS) is 18.6. The van der Waals surface area contributed by atoms with E-state index < -0.39 is 11.7 Å². The fourth-order valence-electron chi connectivity index (χ4n) is 4.02. The van der Waals surface area contributed by atoms with Gasteiger partial charge in [-0.1, -0.05) is 0 Å². The second kappa shape index (κ2) is 9.44. The Kier molecular flexibility index (Phi) is 6.45. The van der Waals surface area contributed by atoms with Crippen molar-refractivity contribution in [1.29, 1.82) is 0 Å². The van der Waals surface area contributed by atoms with Gasteiger partial charge in [0.15, 0.2) is 11.5 Å². The molecule has 2 amide bonds. The Morgan fingerprint density at radius 3 is 2.53 bits per heavy atom. The molecular formula is C23H26FN3O5. The predicted octanol–water partition coefficient (Wildman–Crippen LogP) is 2.67. The van der Waals surface area contributed by atoms with E-state index in [1.807, 2.05) is 4.90 Å². The van der Waals surface area contributed by atoms with Gasteiger partial charge in [0.1, 0.15) is 5.82 Å². The maximum atomic E-state index is 14.6. The van der Waals surface area contributed by atoms with Crippen molar-refractivity contribution in [2.45, 2.75) is 6.42 Å². The number of carbonyl (C=O) groups is 2. The molecule has 2 aliphatic rings. The Balaban J connectivity index is 1.42. The fraction of sp³-hybridized carbons (Fsp3) is 0.391. The van der Waals surface area contributed by atoms with Gasteiger partial charge in [0, 0.05) is 43.5 Å². The number of carbonyl (C=O) groups excluding carboxylic acids is 2. The van der Waals surface area contributed by atoms with Crippen molar-refractivity contribution in [3.63, 3.8) is 0 Å². The second-order valence-electron chi connectivity index (χ2n) is 7.70. The Morgan fingerprint density at radius 1 is 1.09 bits per heavy atom. The Bertz CT molecular complexity index is 1010. The summed E-state index contributed by atoms with van der Waals surface area (Å²) >= 11 is 0. The zero-order valence-corrected chi connectivity index (χ0v) is 18.1. The number of halogens is 1. The average Bonchev–Trinajstić information content (AvgIpc) is 3.21. The van der Waals surface area contributed by atoms with Crippen LogP contribution in [0.2, 0.25) is 0 Å². The van der Waals surface area contributed by atoms with Crippen molar-refractivity contribution < 1.29 is 28.2 Å². The van der Waals surface area contributed by atoms with Gasteiger partial charge in [-0.3, -0.25) is 9.59 Å². The number of amides is 2. The molecule has 2 fully saturated rings. The van der Waals surface area contributed by atoms with Gasteiger partial charge < -0.3 is 29.3 Å². The molecule has 8 nitrogen and oxygen atoms in total. The number of benzene rings is 2. The number of anilines is 3. The molecule has 4 rings (SSSR count). The van der Waals surface area contributed by atoms with Crippen LogP contribution in [0.4, 0.5) is 21.5 Å². The first kappa shape index (κ1) is 21.9. The molecular weight excluding hydrogens is 417 g/mol. The molecule has 9 heteroatoms. The van der Waals surface area contributed by atoms with Gasteiger partial charge in [-0.15, -0.1) is 0 Å². The van der Waals surface area contributed by atoms with Gasteiger partial charge in [-0.05, 0) is 30.3 Å². The highest BCUT2D eigenvalue weighted by Crippen LogP contribution is 2.34. The summed E-state index contributed by atoms with van der Waals surface area (Å²) in [4.78, 5) is 28.8. The van der Waals surface area contributed by atoms with E-state index >= 15 is 0 Å². The van der Waals surface area contributed by atoms with Crippen LogP contribution in [0.15, 0.2) is 36.4 Å². The Labute approximate surface area is 185 Å². The van der Waals surface area contributed by atoms with E-state index in [1.54, 1.807) is 35.2 Å². The van der Waals surface area contributed by atoms with Crippen LogP contribution in [0, 0.1) is 11.7 Å². The highest BCUT2D eigenvalue weighted by Gasteiger charge is 2.35. The molecule has 2 heterocycles. The van der Waals surface area contributed by atoms with E-state index in [9.17, 15) is 14.0 Å². The third kappa shape index (κ3) is 4.47. The number of rotatable bonds is 6. The Morgan fingerprint density at radius 2 is 1.84 bits per heavy atom. The highest BCUT2D eigenvalue weighted by atomic mass is 19.1. The smallest absolute Gasteiger partial charge is 0.229 e. The second-order valence-corrected chi connectivity index (χ2v) is 7.70. The van der Waals surface area contributed by atoms with Crippen LogP contribution in [-0.2, 0) is 14.3 Å². The lowest BCUT2D eigenvalue weighted by molar-refractivity contribution is -0.122. The Hall–Kier alpha value is -3.33. The van der Waals surface area contributed by atoms with E-state index in [0.29, 0.717) is 54.9 Å². The largest absolute Gasteiger partial charge is 0.493 e. The number of nitrogens with zero attached hydrogens (tertiary/aromatic N) is 2. The van der Waals surface area contributed by atoms with Crippen LogP contribution in [0.5, 0.6) is 11.5 Å². The molecule has 2 aromatic carbocycles. The monoisotopic (exact) mass is 443 g/mol. The van der Waals surface area contributed by atoms with Crippen molar-refractivity contribution in [2.24, 2.45) is 5.92 Å². The first-order chi connectivity index (χ1) is 15.5. The third-order valence-electron chi connectivity index (χ3n) is 5.74. The molecule has 0 radical (unpaired) electrons. The van der Waals surface area contributed by atoms with Crippen LogP contribution in [0.25, 0.3) is 0 Å². The molecule has 1 atom stereocenters. The van der Waals surface area contributed by atoms with E-state index in [-0.39, 0.29) is 24.8 Å². The lowest BCUT2D eigenvalue weighted by Gasteiger charge is -2.29. The van der Waals surface area contributed by atoms with Crippen molar-refractivity contribution in [1.82, 2.24) is 0 Å². The summed E-state index contributed by atoms with van der Waals surface area (Å²) in [6, 6.07) is 9.82. The standard InChI is InChI=1S/C23H26FN3O5/c1-30-20-6-4-17(13-21(20)31-2)27-14-15(11-22(27)28)23(29)25-16-3-5-19(18(24)12-16)26-7-9-32-10-8-26/h3-6,12-13,15H,7-11,14H2,1-2H3,(H,25,29). The minimum Gasteiger partial charge on any atom is -0.493 e. The van der Waals surface area contributed by atoms with Crippen LogP contribution in [0.3, 0.4) is 0 Å². The molecule has 2 saturated heterocycles. The van der Waals surface area contributed by atoms with E-state index in [1.165, 1.54) is 20.3 Å². The molecule has 0 saturated carbocycles. The summed E-state index contributed by atoms with van der Waals surface area (Å²) in [5, 5.41) is 2.74. The molecule has 2 aliphatic heterocycles. The van der Waals surface area contributed by atoms with Gasteiger partial charge in [0.05, 0.1) is 39.0 Å². The molecule has 1 unspecified atom stereocenters.